The van der Waals surface area contributed by atoms with Gasteiger partial charge in [0, 0.05) is 49.9 Å². The lowest BCUT2D eigenvalue weighted by molar-refractivity contribution is 0.192. The molecule has 0 bridgehead atoms. The van der Waals surface area contributed by atoms with Gasteiger partial charge in [-0.05, 0) is 31.7 Å². The number of amides is 2. The molecule has 1 aromatic carbocycles. The van der Waals surface area contributed by atoms with Crippen molar-refractivity contribution < 1.29 is 9.53 Å². The van der Waals surface area contributed by atoms with Crippen LogP contribution < -0.4 is 15.0 Å². The van der Waals surface area contributed by atoms with Crippen molar-refractivity contribution in [2.75, 3.05) is 31.1 Å². The molecule has 1 aliphatic heterocycles. The van der Waals surface area contributed by atoms with Crippen molar-refractivity contribution in [2.45, 2.75) is 38.3 Å². The van der Waals surface area contributed by atoms with E-state index in [1.165, 1.54) is 12.8 Å². The summed E-state index contributed by atoms with van der Waals surface area (Å²) in [6.45, 7) is 3.57. The van der Waals surface area contributed by atoms with E-state index in [4.69, 9.17) is 4.74 Å². The van der Waals surface area contributed by atoms with Gasteiger partial charge in [-0.3, -0.25) is 0 Å². The Morgan fingerprint density at radius 2 is 1.96 bits per heavy atom. The van der Waals surface area contributed by atoms with Crippen molar-refractivity contribution in [3.05, 3.63) is 41.4 Å². The van der Waals surface area contributed by atoms with E-state index in [0.717, 1.165) is 42.4 Å². The Morgan fingerprint density at radius 3 is 2.70 bits per heavy atom. The highest BCUT2D eigenvalue weighted by molar-refractivity contribution is 7.13. The number of carbonyl (C=O) groups excluding carboxylic acids is 1. The fourth-order valence-electron chi connectivity index (χ4n) is 3.71. The number of rotatable bonds is 5. The maximum Gasteiger partial charge on any atom is 0.317 e. The van der Waals surface area contributed by atoms with E-state index >= 15 is 0 Å². The zero-order valence-corrected chi connectivity index (χ0v) is 16.3. The van der Waals surface area contributed by atoms with Crippen molar-refractivity contribution in [3.63, 3.8) is 0 Å². The van der Waals surface area contributed by atoms with Crippen molar-refractivity contribution >= 4 is 22.5 Å². The molecule has 1 aromatic heterocycles. The normalized spacial score (nSPS) is 17.9. The van der Waals surface area contributed by atoms with Gasteiger partial charge in [0.1, 0.15) is 5.75 Å². The van der Waals surface area contributed by atoms with Gasteiger partial charge < -0.3 is 19.9 Å². The summed E-state index contributed by atoms with van der Waals surface area (Å²) in [7, 11) is 0. The minimum Gasteiger partial charge on any atom is -0.490 e. The summed E-state index contributed by atoms with van der Waals surface area (Å²) >= 11 is 1.64. The Hall–Kier alpha value is -2.28. The van der Waals surface area contributed by atoms with Gasteiger partial charge in [-0.2, -0.15) is 0 Å². The van der Waals surface area contributed by atoms with Gasteiger partial charge >= 0.3 is 6.03 Å². The first-order valence-corrected chi connectivity index (χ1v) is 10.6. The monoisotopic (exact) mass is 386 g/mol. The molecule has 7 heteroatoms. The first-order chi connectivity index (χ1) is 13.3. The van der Waals surface area contributed by atoms with Crippen LogP contribution in [0.5, 0.6) is 5.75 Å². The summed E-state index contributed by atoms with van der Waals surface area (Å²) in [6, 6.07) is 8.02. The second-order valence-electron chi connectivity index (χ2n) is 7.08. The molecule has 0 spiro atoms. The van der Waals surface area contributed by atoms with Crippen LogP contribution in [-0.4, -0.2) is 48.2 Å². The van der Waals surface area contributed by atoms with Crippen LogP contribution in [0.4, 0.5) is 9.93 Å². The topological polar surface area (TPSA) is 57.7 Å². The third-order valence-electron chi connectivity index (χ3n) is 5.26. The molecule has 2 heterocycles. The van der Waals surface area contributed by atoms with Crippen molar-refractivity contribution in [1.82, 2.24) is 15.2 Å². The number of aromatic nitrogens is 1. The van der Waals surface area contributed by atoms with Crippen LogP contribution in [0.25, 0.3) is 0 Å². The summed E-state index contributed by atoms with van der Waals surface area (Å²) in [5.74, 6) is 0.901. The highest BCUT2D eigenvalue weighted by Gasteiger charge is 2.23. The number of thiazole rings is 1. The Bertz CT molecular complexity index is 738. The predicted molar refractivity (Wildman–Crippen MR) is 107 cm³/mol. The van der Waals surface area contributed by atoms with Crippen LogP contribution in [0.1, 0.15) is 31.2 Å². The number of hydrogen-bond donors (Lipinski definition) is 1. The highest BCUT2D eigenvalue weighted by Crippen LogP contribution is 2.26. The second-order valence-corrected chi connectivity index (χ2v) is 7.95. The number of hydrogen-bond acceptors (Lipinski definition) is 5. The molecule has 2 aliphatic rings. The van der Waals surface area contributed by atoms with Crippen molar-refractivity contribution in [3.8, 4) is 5.75 Å². The van der Waals surface area contributed by atoms with E-state index in [0.29, 0.717) is 25.7 Å². The minimum atomic E-state index is -0.00976. The molecule has 2 fully saturated rings. The number of benzene rings is 1. The molecule has 0 unspecified atom stereocenters. The van der Waals surface area contributed by atoms with E-state index in [-0.39, 0.29) is 6.03 Å². The maximum absolute atomic E-state index is 12.6. The Labute approximate surface area is 164 Å². The average molecular weight is 387 g/mol. The molecule has 0 atom stereocenters. The molecule has 1 saturated carbocycles. The molecule has 1 aliphatic carbocycles. The molecule has 27 heavy (non-hydrogen) atoms. The standard InChI is InChI=1S/C20H26N4O2S/c25-19(23-10-12-24(13-11-23)20-21-9-14-27-20)22-15-16-5-1-4-8-18(16)26-17-6-2-3-7-17/h1,4-5,8-9,14,17H,2-3,6-7,10-13,15H2,(H,22,25). The molecular formula is C20H26N4O2S. The van der Waals surface area contributed by atoms with Gasteiger partial charge in [-0.1, -0.05) is 18.2 Å². The molecule has 2 amide bonds. The summed E-state index contributed by atoms with van der Waals surface area (Å²) in [4.78, 5) is 21.0. The van der Waals surface area contributed by atoms with Gasteiger partial charge in [0.15, 0.2) is 5.13 Å². The van der Waals surface area contributed by atoms with Crippen LogP contribution in [-0.2, 0) is 6.54 Å². The van der Waals surface area contributed by atoms with Crippen LogP contribution in [0.2, 0.25) is 0 Å². The van der Waals surface area contributed by atoms with Crippen molar-refractivity contribution in [1.29, 1.82) is 0 Å². The number of carbonyl (C=O) groups is 1. The van der Waals surface area contributed by atoms with Crippen molar-refractivity contribution in [2.24, 2.45) is 0 Å². The maximum atomic E-state index is 12.6. The molecular weight excluding hydrogens is 360 g/mol. The molecule has 1 N–H and O–H groups in total. The number of urea groups is 1. The first kappa shape index (κ1) is 18.1. The number of ether oxygens (including phenoxy) is 1. The number of anilines is 1. The Kier molecular flexibility index (Phi) is 5.77. The van der Waals surface area contributed by atoms with E-state index in [1.807, 2.05) is 40.7 Å². The lowest BCUT2D eigenvalue weighted by Gasteiger charge is -2.34. The van der Waals surface area contributed by atoms with Gasteiger partial charge in [-0.25, -0.2) is 9.78 Å². The molecule has 2 aromatic rings. The van der Waals surface area contributed by atoms with Gasteiger partial charge in [0.25, 0.3) is 0 Å². The minimum absolute atomic E-state index is 0.00976. The molecule has 6 nitrogen and oxygen atoms in total. The van der Waals surface area contributed by atoms with Crippen LogP contribution >= 0.6 is 11.3 Å². The zero-order valence-electron chi connectivity index (χ0n) is 15.5. The SMILES string of the molecule is O=C(NCc1ccccc1OC1CCCC1)N1CCN(c2nccs2)CC1. The van der Waals surface area contributed by atoms with E-state index in [1.54, 1.807) is 11.3 Å². The quantitative estimate of drug-likeness (QED) is 0.855. The third-order valence-corrected chi connectivity index (χ3v) is 6.09. The smallest absolute Gasteiger partial charge is 0.317 e. The third kappa shape index (κ3) is 4.53. The fraction of sp³-hybridized carbons (Fsp3) is 0.500. The zero-order chi connectivity index (χ0) is 18.5. The molecule has 0 radical (unpaired) electrons. The largest absolute Gasteiger partial charge is 0.490 e. The van der Waals surface area contributed by atoms with Crippen LogP contribution in [0, 0.1) is 0 Å². The number of nitrogens with zero attached hydrogens (tertiary/aromatic N) is 3. The summed E-state index contributed by atoms with van der Waals surface area (Å²) in [5, 5.41) is 6.08. The van der Waals surface area contributed by atoms with E-state index < -0.39 is 0 Å². The van der Waals surface area contributed by atoms with Crippen LogP contribution in [0.15, 0.2) is 35.8 Å². The molecule has 1 saturated heterocycles. The lowest BCUT2D eigenvalue weighted by Crippen LogP contribution is -2.51. The average Bonchev–Trinajstić information content (AvgIpc) is 3.41. The van der Waals surface area contributed by atoms with Gasteiger partial charge in [-0.15, -0.1) is 11.3 Å². The fourth-order valence-corrected chi connectivity index (χ4v) is 4.40. The van der Waals surface area contributed by atoms with E-state index in [9.17, 15) is 4.79 Å². The number of piperazine rings is 1. The van der Waals surface area contributed by atoms with Crippen LogP contribution in [0.3, 0.4) is 0 Å². The lowest BCUT2D eigenvalue weighted by atomic mass is 10.2. The second kappa shape index (κ2) is 8.61. The van der Waals surface area contributed by atoms with E-state index in [2.05, 4.69) is 15.2 Å². The summed E-state index contributed by atoms with van der Waals surface area (Å²) < 4.78 is 6.16. The predicted octanol–water partition coefficient (Wildman–Crippen LogP) is 3.50. The van der Waals surface area contributed by atoms with Gasteiger partial charge in [0.2, 0.25) is 0 Å². The highest BCUT2D eigenvalue weighted by atomic mass is 32.1. The first-order valence-electron chi connectivity index (χ1n) is 9.71. The Balaban J connectivity index is 1.28. The number of para-hydroxylation sites is 1. The molecule has 144 valence electrons. The number of nitrogens with one attached hydrogen (secondary N) is 1. The Morgan fingerprint density at radius 1 is 1.19 bits per heavy atom. The summed E-state index contributed by atoms with van der Waals surface area (Å²) in [6.07, 6.45) is 6.89. The summed E-state index contributed by atoms with van der Waals surface area (Å²) in [5.41, 5.74) is 1.04. The van der Waals surface area contributed by atoms with Gasteiger partial charge in [0.05, 0.1) is 6.10 Å². The molecule has 4 rings (SSSR count).